The fourth-order valence-corrected chi connectivity index (χ4v) is 2.16. The van der Waals surface area contributed by atoms with Crippen molar-refractivity contribution in [2.24, 2.45) is 5.73 Å². The summed E-state index contributed by atoms with van der Waals surface area (Å²) in [5, 5.41) is 0. The summed E-state index contributed by atoms with van der Waals surface area (Å²) in [7, 11) is 3.32. The summed E-state index contributed by atoms with van der Waals surface area (Å²) >= 11 is 3.53. The Hall–Kier alpha value is -0.740. The second-order valence-corrected chi connectivity index (χ2v) is 4.46. The average Bonchev–Trinajstić information content (AvgIpc) is 2.29. The Labute approximate surface area is 105 Å². The highest BCUT2D eigenvalue weighted by Crippen LogP contribution is 2.39. The van der Waals surface area contributed by atoms with Gasteiger partial charge in [-0.05, 0) is 37.9 Å². The smallest absolute Gasteiger partial charge is 0.165 e. The fourth-order valence-electron chi connectivity index (χ4n) is 1.70. The monoisotopic (exact) mass is 287 g/mol. The van der Waals surface area contributed by atoms with Gasteiger partial charge in [-0.25, -0.2) is 0 Å². The largest absolute Gasteiger partial charge is 0.493 e. The van der Waals surface area contributed by atoms with Crippen molar-refractivity contribution in [1.29, 1.82) is 0 Å². The van der Waals surface area contributed by atoms with E-state index >= 15 is 0 Å². The Kier molecular flexibility index (Phi) is 5.09. The maximum Gasteiger partial charge on any atom is 0.165 e. The van der Waals surface area contributed by atoms with Gasteiger partial charge in [0.15, 0.2) is 11.5 Å². The molecule has 0 radical (unpaired) electrons. The van der Waals surface area contributed by atoms with Crippen molar-refractivity contribution in [2.75, 3.05) is 20.8 Å². The molecule has 4 heteroatoms. The molecule has 0 fully saturated rings. The lowest BCUT2D eigenvalue weighted by molar-refractivity contribution is 0.349. The highest BCUT2D eigenvalue weighted by Gasteiger charge is 2.15. The van der Waals surface area contributed by atoms with E-state index in [0.717, 1.165) is 39.9 Å². The molecule has 90 valence electrons. The molecule has 16 heavy (non-hydrogen) atoms. The van der Waals surface area contributed by atoms with Crippen LogP contribution in [0.4, 0.5) is 0 Å². The quantitative estimate of drug-likeness (QED) is 0.906. The van der Waals surface area contributed by atoms with Crippen molar-refractivity contribution < 1.29 is 9.47 Å². The zero-order valence-corrected chi connectivity index (χ0v) is 11.6. The van der Waals surface area contributed by atoms with Crippen LogP contribution in [0.2, 0.25) is 0 Å². The molecule has 0 atom stereocenters. The molecule has 1 aromatic rings. The zero-order valence-electron chi connectivity index (χ0n) is 9.97. The van der Waals surface area contributed by atoms with Crippen LogP contribution in [0.25, 0.3) is 0 Å². The van der Waals surface area contributed by atoms with Crippen molar-refractivity contribution in [3.63, 3.8) is 0 Å². The van der Waals surface area contributed by atoms with E-state index in [1.807, 2.05) is 6.92 Å². The lowest BCUT2D eigenvalue weighted by Crippen LogP contribution is -2.03. The van der Waals surface area contributed by atoms with Crippen LogP contribution >= 0.6 is 15.9 Å². The van der Waals surface area contributed by atoms with E-state index in [1.165, 1.54) is 0 Å². The van der Waals surface area contributed by atoms with Gasteiger partial charge in [-0.1, -0.05) is 15.9 Å². The van der Waals surface area contributed by atoms with Crippen LogP contribution in [0.15, 0.2) is 10.5 Å². The predicted octanol–water partition coefficient (Wildman–Crippen LogP) is 2.67. The first-order chi connectivity index (χ1) is 7.65. The number of methoxy groups -OCH3 is 2. The third kappa shape index (κ3) is 2.68. The molecule has 0 amide bonds. The molecule has 0 aliphatic rings. The second kappa shape index (κ2) is 6.11. The third-order valence-electron chi connectivity index (χ3n) is 2.56. The van der Waals surface area contributed by atoms with E-state index in [4.69, 9.17) is 15.2 Å². The fraction of sp³-hybridized carbons (Fsp3) is 0.500. The molecule has 0 heterocycles. The maximum absolute atomic E-state index is 5.52. The molecule has 1 rings (SSSR count). The summed E-state index contributed by atoms with van der Waals surface area (Å²) in [6, 6.07) is 2.08. The second-order valence-electron chi connectivity index (χ2n) is 3.60. The molecule has 0 saturated heterocycles. The Bertz CT molecular complexity index is 367. The van der Waals surface area contributed by atoms with E-state index < -0.39 is 0 Å². The average molecular weight is 288 g/mol. The van der Waals surface area contributed by atoms with Crippen LogP contribution in [-0.2, 0) is 6.42 Å². The molecule has 0 unspecified atom stereocenters. The van der Waals surface area contributed by atoms with Crippen LogP contribution in [0.3, 0.4) is 0 Å². The van der Waals surface area contributed by atoms with Gasteiger partial charge in [0.05, 0.1) is 14.2 Å². The number of hydrogen-bond acceptors (Lipinski definition) is 3. The zero-order chi connectivity index (χ0) is 12.1. The van der Waals surface area contributed by atoms with Crippen molar-refractivity contribution in [2.45, 2.75) is 19.8 Å². The lowest BCUT2D eigenvalue weighted by atomic mass is 10.0. The van der Waals surface area contributed by atoms with Crippen molar-refractivity contribution in [1.82, 2.24) is 0 Å². The van der Waals surface area contributed by atoms with Gasteiger partial charge in [0.25, 0.3) is 0 Å². The number of aryl methyl sites for hydroxylation is 1. The Morgan fingerprint density at radius 2 is 1.88 bits per heavy atom. The van der Waals surface area contributed by atoms with Gasteiger partial charge in [-0.15, -0.1) is 0 Å². The molecule has 0 spiro atoms. The number of hydrogen-bond donors (Lipinski definition) is 1. The number of ether oxygens (including phenoxy) is 2. The number of benzene rings is 1. The standard InChI is InChI=1S/C12H18BrNO2/c1-8-10(13)7-9(5-4-6-14)12(16-3)11(8)15-2/h7H,4-6,14H2,1-3H3. The molecule has 0 bridgehead atoms. The Balaban J connectivity index is 3.20. The molecular weight excluding hydrogens is 270 g/mol. The minimum atomic E-state index is 0.678. The summed E-state index contributed by atoms with van der Waals surface area (Å²) < 4.78 is 11.8. The van der Waals surface area contributed by atoms with E-state index in [2.05, 4.69) is 22.0 Å². The van der Waals surface area contributed by atoms with Gasteiger partial charge in [-0.3, -0.25) is 0 Å². The first-order valence-corrected chi connectivity index (χ1v) is 6.05. The van der Waals surface area contributed by atoms with Crippen molar-refractivity contribution in [3.8, 4) is 11.5 Å². The maximum atomic E-state index is 5.52. The van der Waals surface area contributed by atoms with E-state index in [1.54, 1.807) is 14.2 Å². The van der Waals surface area contributed by atoms with Crippen LogP contribution in [0.5, 0.6) is 11.5 Å². The van der Waals surface area contributed by atoms with Gasteiger partial charge in [0.1, 0.15) is 0 Å². The van der Waals surface area contributed by atoms with Gasteiger partial charge < -0.3 is 15.2 Å². The van der Waals surface area contributed by atoms with Crippen molar-refractivity contribution in [3.05, 3.63) is 21.7 Å². The van der Waals surface area contributed by atoms with Crippen LogP contribution in [0, 0.1) is 6.92 Å². The first-order valence-electron chi connectivity index (χ1n) is 5.25. The van der Waals surface area contributed by atoms with Gasteiger partial charge in [0, 0.05) is 10.0 Å². The highest BCUT2D eigenvalue weighted by molar-refractivity contribution is 9.10. The lowest BCUT2D eigenvalue weighted by Gasteiger charge is -2.16. The van der Waals surface area contributed by atoms with Gasteiger partial charge in [-0.2, -0.15) is 0 Å². The molecule has 0 aromatic heterocycles. The summed E-state index contributed by atoms with van der Waals surface area (Å²) in [5.41, 5.74) is 7.70. The van der Waals surface area contributed by atoms with Gasteiger partial charge in [0.2, 0.25) is 0 Å². The molecule has 0 saturated carbocycles. The summed E-state index contributed by atoms with van der Waals surface area (Å²) in [6.45, 7) is 2.68. The molecule has 3 nitrogen and oxygen atoms in total. The summed E-state index contributed by atoms with van der Waals surface area (Å²) in [6.07, 6.45) is 1.84. The Morgan fingerprint density at radius 3 is 2.38 bits per heavy atom. The molecular formula is C12H18BrNO2. The first kappa shape index (κ1) is 13.3. The van der Waals surface area contributed by atoms with Gasteiger partial charge >= 0.3 is 0 Å². The van der Waals surface area contributed by atoms with E-state index in [0.29, 0.717) is 6.54 Å². The number of nitrogens with two attached hydrogens (primary N) is 1. The number of halogens is 1. The summed E-state index contributed by atoms with van der Waals surface area (Å²) in [5.74, 6) is 1.61. The van der Waals surface area contributed by atoms with E-state index in [-0.39, 0.29) is 0 Å². The predicted molar refractivity (Wildman–Crippen MR) is 69.4 cm³/mol. The normalized spacial score (nSPS) is 10.3. The Morgan fingerprint density at radius 1 is 1.25 bits per heavy atom. The van der Waals surface area contributed by atoms with Crippen LogP contribution in [0.1, 0.15) is 17.5 Å². The van der Waals surface area contributed by atoms with E-state index in [9.17, 15) is 0 Å². The molecule has 0 aliphatic heterocycles. The molecule has 2 N–H and O–H groups in total. The summed E-state index contributed by atoms with van der Waals surface area (Å²) in [4.78, 5) is 0. The minimum absolute atomic E-state index is 0.678. The minimum Gasteiger partial charge on any atom is -0.493 e. The van der Waals surface area contributed by atoms with Crippen LogP contribution in [-0.4, -0.2) is 20.8 Å². The molecule has 0 aliphatic carbocycles. The van der Waals surface area contributed by atoms with Crippen LogP contribution < -0.4 is 15.2 Å². The van der Waals surface area contributed by atoms with Crippen molar-refractivity contribution >= 4 is 15.9 Å². The third-order valence-corrected chi connectivity index (χ3v) is 3.38. The number of rotatable bonds is 5. The SMILES string of the molecule is COc1c(CCCN)cc(Br)c(C)c1OC. The highest BCUT2D eigenvalue weighted by atomic mass is 79.9. The topological polar surface area (TPSA) is 44.5 Å². The molecule has 1 aromatic carbocycles.